The molecule has 0 saturated carbocycles. The van der Waals surface area contributed by atoms with Crippen LogP contribution < -0.4 is 10.6 Å². The summed E-state index contributed by atoms with van der Waals surface area (Å²) in [5.74, 6) is -1.51. The average Bonchev–Trinajstić information content (AvgIpc) is 2.54. The van der Waals surface area contributed by atoms with Gasteiger partial charge >= 0.3 is 18.0 Å². The number of hydrogen-bond acceptors (Lipinski definition) is 2. The number of benzene rings is 2. The fourth-order valence-corrected chi connectivity index (χ4v) is 2.22. The summed E-state index contributed by atoms with van der Waals surface area (Å²) in [6.45, 7) is 1.35. The predicted molar refractivity (Wildman–Crippen MR) is 83.6 cm³/mol. The van der Waals surface area contributed by atoms with Gasteiger partial charge in [-0.15, -0.1) is 0 Å². The molecule has 9 heteroatoms. The van der Waals surface area contributed by atoms with Crippen LogP contribution in [0.2, 0.25) is 0 Å². The number of rotatable bonds is 4. The summed E-state index contributed by atoms with van der Waals surface area (Å²) in [6.07, 6.45) is -11.7. The molecule has 0 fully saturated rings. The maximum absolute atomic E-state index is 13.6. The highest BCUT2D eigenvalue weighted by Crippen LogP contribution is 2.44. The van der Waals surface area contributed by atoms with Crippen LogP contribution in [-0.2, 0) is 0 Å². The van der Waals surface area contributed by atoms with Crippen molar-refractivity contribution in [3.05, 3.63) is 65.7 Å². The zero-order valence-electron chi connectivity index (χ0n) is 13.4. The van der Waals surface area contributed by atoms with Gasteiger partial charge < -0.3 is 10.6 Å². The third kappa shape index (κ3) is 3.76. The number of aryl methyl sites for hydroxylation is 1. The number of amides is 1. The summed E-state index contributed by atoms with van der Waals surface area (Å²) in [5, 5.41) is 2.56. The summed E-state index contributed by atoms with van der Waals surface area (Å²) < 4.78 is 81.4. The van der Waals surface area contributed by atoms with Crippen LogP contribution in [0.25, 0.3) is 0 Å². The van der Waals surface area contributed by atoms with Gasteiger partial charge in [-0.25, -0.2) is 0 Å². The first-order valence-electron chi connectivity index (χ1n) is 7.33. The molecule has 0 aliphatic heterocycles. The van der Waals surface area contributed by atoms with E-state index in [2.05, 4.69) is 0 Å². The lowest BCUT2D eigenvalue weighted by Crippen LogP contribution is -2.72. The Morgan fingerprint density at radius 1 is 0.808 bits per heavy atom. The smallest absolute Gasteiger partial charge is 0.347 e. The van der Waals surface area contributed by atoms with Crippen molar-refractivity contribution in [3.63, 3.8) is 0 Å². The first-order chi connectivity index (χ1) is 12.0. The Balaban J connectivity index is 2.54. The molecule has 2 rings (SSSR count). The monoisotopic (exact) mass is 376 g/mol. The summed E-state index contributed by atoms with van der Waals surface area (Å²) in [4.78, 5) is 12.1. The molecule has 0 atom stereocenters. The van der Waals surface area contributed by atoms with E-state index in [0.717, 1.165) is 23.5 Å². The lowest BCUT2D eigenvalue weighted by atomic mass is 10.1. The molecule has 3 nitrogen and oxygen atoms in total. The standard InChI is InChI=1S/C17H14F6N2O/c1-11-7-5-6-10-13(11)24-15(16(18,19)20,17(21,22)23)25-14(26)12-8-3-2-4-9-12/h2-10,24H,1H3,(H,25,26). The Morgan fingerprint density at radius 2 is 1.31 bits per heavy atom. The number of hydrogen-bond donors (Lipinski definition) is 2. The van der Waals surface area contributed by atoms with E-state index in [4.69, 9.17) is 0 Å². The van der Waals surface area contributed by atoms with E-state index in [-0.39, 0.29) is 11.1 Å². The van der Waals surface area contributed by atoms with Crippen molar-refractivity contribution in [2.24, 2.45) is 0 Å². The molecule has 0 bridgehead atoms. The number of alkyl halides is 6. The van der Waals surface area contributed by atoms with Gasteiger partial charge in [0.05, 0.1) is 0 Å². The van der Waals surface area contributed by atoms with Crippen molar-refractivity contribution in [2.45, 2.75) is 24.9 Å². The van der Waals surface area contributed by atoms with Crippen molar-refractivity contribution in [1.82, 2.24) is 5.32 Å². The van der Waals surface area contributed by atoms with Crippen LogP contribution in [-0.4, -0.2) is 23.9 Å². The molecule has 0 aliphatic carbocycles. The Bertz CT molecular complexity index is 757. The second kappa shape index (κ2) is 6.89. The SMILES string of the molecule is Cc1ccccc1NC(NC(=O)c1ccccc1)(C(F)(F)F)C(F)(F)F. The largest absolute Gasteiger partial charge is 0.439 e. The van der Waals surface area contributed by atoms with Crippen LogP contribution in [0.4, 0.5) is 32.0 Å². The lowest BCUT2D eigenvalue weighted by Gasteiger charge is -2.39. The van der Waals surface area contributed by atoms with Crippen LogP contribution >= 0.6 is 0 Å². The fourth-order valence-electron chi connectivity index (χ4n) is 2.22. The Kier molecular flexibility index (Phi) is 5.20. The highest BCUT2D eigenvalue weighted by molar-refractivity contribution is 5.95. The Labute approximate surface area is 145 Å². The number of carbonyl (C=O) groups is 1. The van der Waals surface area contributed by atoms with E-state index in [1.165, 1.54) is 48.6 Å². The van der Waals surface area contributed by atoms with Gasteiger partial charge in [-0.3, -0.25) is 4.79 Å². The van der Waals surface area contributed by atoms with Crippen LogP contribution in [0.1, 0.15) is 15.9 Å². The second-order valence-electron chi connectivity index (χ2n) is 5.51. The Hall–Kier alpha value is -2.71. The molecule has 0 heterocycles. The number of para-hydroxylation sites is 1. The highest BCUT2D eigenvalue weighted by atomic mass is 19.4. The Morgan fingerprint density at radius 3 is 1.81 bits per heavy atom. The fraction of sp³-hybridized carbons (Fsp3) is 0.235. The normalized spacial score (nSPS) is 12.6. The highest BCUT2D eigenvalue weighted by Gasteiger charge is 2.72. The first-order valence-corrected chi connectivity index (χ1v) is 7.33. The quantitative estimate of drug-likeness (QED) is 0.602. The minimum Gasteiger partial charge on any atom is -0.347 e. The molecule has 2 N–H and O–H groups in total. The van der Waals surface area contributed by atoms with E-state index >= 15 is 0 Å². The van der Waals surface area contributed by atoms with E-state index in [1.54, 1.807) is 0 Å². The summed E-state index contributed by atoms with van der Waals surface area (Å²) >= 11 is 0. The third-order valence-electron chi connectivity index (χ3n) is 3.65. The second-order valence-corrected chi connectivity index (χ2v) is 5.51. The summed E-state index contributed by atoms with van der Waals surface area (Å²) in [5.41, 5.74) is -5.24. The zero-order valence-corrected chi connectivity index (χ0v) is 13.4. The molecule has 0 unspecified atom stereocenters. The number of carbonyl (C=O) groups excluding carboxylic acids is 1. The maximum atomic E-state index is 13.6. The molecule has 2 aromatic rings. The lowest BCUT2D eigenvalue weighted by molar-refractivity contribution is -0.294. The molecule has 26 heavy (non-hydrogen) atoms. The molecule has 0 spiro atoms. The molecule has 1 amide bonds. The number of nitrogens with one attached hydrogen (secondary N) is 2. The molecular formula is C17H14F6N2O. The van der Waals surface area contributed by atoms with Gasteiger partial charge in [0.2, 0.25) is 0 Å². The van der Waals surface area contributed by atoms with Gasteiger partial charge in [0, 0.05) is 11.3 Å². The molecule has 0 aromatic heterocycles. The molecule has 0 radical (unpaired) electrons. The van der Waals surface area contributed by atoms with Crippen molar-refractivity contribution in [1.29, 1.82) is 0 Å². The van der Waals surface area contributed by atoms with Crippen molar-refractivity contribution < 1.29 is 31.1 Å². The van der Waals surface area contributed by atoms with E-state index in [0.29, 0.717) is 0 Å². The molecule has 0 saturated heterocycles. The minimum absolute atomic E-state index is 0.152. The van der Waals surface area contributed by atoms with Gasteiger partial charge in [-0.1, -0.05) is 36.4 Å². The zero-order chi connectivity index (χ0) is 19.6. The van der Waals surface area contributed by atoms with Gasteiger partial charge in [0.25, 0.3) is 5.91 Å². The van der Waals surface area contributed by atoms with Crippen LogP contribution in [0.15, 0.2) is 54.6 Å². The molecule has 2 aromatic carbocycles. The van der Waals surface area contributed by atoms with Crippen LogP contribution in [0, 0.1) is 6.92 Å². The minimum atomic E-state index is -5.86. The van der Waals surface area contributed by atoms with Gasteiger partial charge in [0.1, 0.15) is 0 Å². The maximum Gasteiger partial charge on any atom is 0.439 e. The van der Waals surface area contributed by atoms with Crippen molar-refractivity contribution >= 4 is 11.6 Å². The van der Waals surface area contributed by atoms with E-state index < -0.39 is 29.6 Å². The first kappa shape index (κ1) is 19.6. The molecule has 0 aliphatic rings. The van der Waals surface area contributed by atoms with Gasteiger partial charge in [-0.2, -0.15) is 26.3 Å². The van der Waals surface area contributed by atoms with Crippen molar-refractivity contribution in [3.8, 4) is 0 Å². The van der Waals surface area contributed by atoms with Gasteiger partial charge in [-0.05, 0) is 30.7 Å². The number of halogens is 6. The topological polar surface area (TPSA) is 41.1 Å². The summed E-state index contributed by atoms with van der Waals surface area (Å²) in [7, 11) is 0. The van der Waals surface area contributed by atoms with Gasteiger partial charge in [0.15, 0.2) is 0 Å². The molecule has 140 valence electrons. The third-order valence-corrected chi connectivity index (χ3v) is 3.65. The van der Waals surface area contributed by atoms with Crippen LogP contribution in [0.3, 0.4) is 0 Å². The predicted octanol–water partition coefficient (Wildman–Crippen LogP) is 4.66. The average molecular weight is 376 g/mol. The van der Waals surface area contributed by atoms with Crippen molar-refractivity contribution in [2.75, 3.05) is 5.32 Å². The molecular weight excluding hydrogens is 362 g/mol. The van der Waals surface area contributed by atoms with Crippen LogP contribution in [0.5, 0.6) is 0 Å². The number of anilines is 1. The van der Waals surface area contributed by atoms with E-state index in [1.807, 2.05) is 0 Å². The summed E-state index contributed by atoms with van der Waals surface area (Å²) in [6, 6.07) is 11.5. The van der Waals surface area contributed by atoms with E-state index in [9.17, 15) is 31.1 Å².